The largest absolute Gasteiger partial charge is 0.494 e. The predicted octanol–water partition coefficient (Wildman–Crippen LogP) is 5.60. The van der Waals surface area contributed by atoms with E-state index >= 15 is 0 Å². The Labute approximate surface area is 205 Å². The number of anilines is 1. The number of fused-ring (bicyclic) bond motifs is 1. The third-order valence-electron chi connectivity index (χ3n) is 5.90. The number of benzene rings is 1. The number of hydrogen-bond acceptors (Lipinski definition) is 6. The fraction of sp³-hybridized carbons (Fsp3) is 0.480. The zero-order valence-corrected chi connectivity index (χ0v) is 21.5. The quantitative estimate of drug-likeness (QED) is 0.407. The molecule has 1 aromatic carbocycles. The molecule has 2 aromatic rings. The molecule has 0 saturated carbocycles. The number of thiocarbonyl (C=S) groups is 1. The van der Waals surface area contributed by atoms with Gasteiger partial charge in [-0.3, -0.25) is 10.1 Å². The Morgan fingerprint density at radius 3 is 2.70 bits per heavy atom. The molecule has 1 amide bonds. The first kappa shape index (κ1) is 25.2. The Bertz CT molecular complexity index is 1040. The normalized spacial score (nSPS) is 15.4. The molecule has 6 nitrogen and oxygen atoms in total. The number of carbonyl (C=O) groups excluding carboxylic acids is 2. The molecule has 3 rings (SSSR count). The van der Waals surface area contributed by atoms with Crippen molar-refractivity contribution in [1.29, 1.82) is 0 Å². The number of hydrogen-bond donors (Lipinski definition) is 2. The van der Waals surface area contributed by atoms with Gasteiger partial charge in [0.25, 0.3) is 5.91 Å². The van der Waals surface area contributed by atoms with Gasteiger partial charge in [0.1, 0.15) is 10.8 Å². The van der Waals surface area contributed by atoms with Crippen LogP contribution in [0.5, 0.6) is 5.75 Å². The van der Waals surface area contributed by atoms with E-state index in [1.807, 2.05) is 13.0 Å². The van der Waals surface area contributed by atoms with Crippen LogP contribution in [-0.4, -0.2) is 30.7 Å². The second kappa shape index (κ2) is 10.7. The van der Waals surface area contributed by atoms with Gasteiger partial charge in [-0.15, -0.1) is 11.3 Å². The number of rotatable bonds is 6. The number of nitrogens with one attached hydrogen (secondary N) is 2. The molecule has 1 aliphatic rings. The fourth-order valence-corrected chi connectivity index (χ4v) is 5.57. The van der Waals surface area contributed by atoms with Crippen LogP contribution >= 0.6 is 23.6 Å². The van der Waals surface area contributed by atoms with Gasteiger partial charge in [-0.1, -0.05) is 33.8 Å². The highest BCUT2D eigenvalue weighted by Crippen LogP contribution is 2.44. The molecular weight excluding hydrogens is 456 g/mol. The van der Waals surface area contributed by atoms with Crippen molar-refractivity contribution < 1.29 is 19.1 Å². The van der Waals surface area contributed by atoms with Gasteiger partial charge in [0.2, 0.25) is 0 Å². The molecule has 1 aliphatic carbocycles. The van der Waals surface area contributed by atoms with Crippen LogP contribution in [0.1, 0.15) is 71.7 Å². The van der Waals surface area contributed by atoms with Gasteiger partial charge in [0.15, 0.2) is 5.11 Å². The Kier molecular flexibility index (Phi) is 8.13. The van der Waals surface area contributed by atoms with E-state index in [0.717, 1.165) is 31.2 Å². The molecule has 1 unspecified atom stereocenters. The predicted molar refractivity (Wildman–Crippen MR) is 137 cm³/mol. The van der Waals surface area contributed by atoms with Crippen molar-refractivity contribution in [2.45, 2.75) is 53.4 Å². The molecule has 178 valence electrons. The van der Waals surface area contributed by atoms with Crippen molar-refractivity contribution in [2.75, 3.05) is 19.0 Å². The van der Waals surface area contributed by atoms with Crippen LogP contribution in [0.25, 0.3) is 0 Å². The molecule has 0 radical (unpaired) electrons. The smallest absolute Gasteiger partial charge is 0.341 e. The van der Waals surface area contributed by atoms with Crippen LogP contribution in [-0.2, 0) is 17.6 Å². The van der Waals surface area contributed by atoms with E-state index in [2.05, 4.69) is 31.4 Å². The van der Waals surface area contributed by atoms with E-state index in [0.29, 0.717) is 34.4 Å². The highest BCUT2D eigenvalue weighted by atomic mass is 32.1. The van der Waals surface area contributed by atoms with Crippen LogP contribution < -0.4 is 15.4 Å². The molecule has 1 atom stereocenters. The van der Waals surface area contributed by atoms with E-state index in [9.17, 15) is 9.59 Å². The monoisotopic (exact) mass is 488 g/mol. The zero-order valence-electron chi connectivity index (χ0n) is 19.9. The summed E-state index contributed by atoms with van der Waals surface area (Å²) in [6.07, 6.45) is 3.64. The summed E-state index contributed by atoms with van der Waals surface area (Å²) in [5.41, 5.74) is 2.19. The Hall–Kier alpha value is -2.45. The van der Waals surface area contributed by atoms with E-state index in [4.69, 9.17) is 21.7 Å². The third-order valence-corrected chi connectivity index (χ3v) is 7.28. The third kappa shape index (κ3) is 6.12. The van der Waals surface area contributed by atoms with Crippen molar-refractivity contribution in [3.8, 4) is 5.75 Å². The van der Waals surface area contributed by atoms with Crippen LogP contribution in [0, 0.1) is 11.3 Å². The molecule has 1 aromatic heterocycles. The molecule has 8 heteroatoms. The topological polar surface area (TPSA) is 76.7 Å². The van der Waals surface area contributed by atoms with Crippen molar-refractivity contribution in [2.24, 2.45) is 11.3 Å². The molecule has 0 aliphatic heterocycles. The molecule has 33 heavy (non-hydrogen) atoms. The molecule has 0 spiro atoms. The Balaban J connectivity index is 1.76. The van der Waals surface area contributed by atoms with Crippen molar-refractivity contribution in [3.63, 3.8) is 0 Å². The number of thiophene rings is 1. The van der Waals surface area contributed by atoms with E-state index in [1.54, 1.807) is 18.2 Å². The maximum absolute atomic E-state index is 12.7. The number of amides is 1. The van der Waals surface area contributed by atoms with Crippen molar-refractivity contribution in [3.05, 3.63) is 45.8 Å². The first-order chi connectivity index (χ1) is 15.6. The maximum Gasteiger partial charge on any atom is 0.341 e. The summed E-state index contributed by atoms with van der Waals surface area (Å²) < 4.78 is 10.7. The van der Waals surface area contributed by atoms with Crippen molar-refractivity contribution in [1.82, 2.24) is 5.32 Å². The second-order valence-electron chi connectivity index (χ2n) is 9.29. The van der Waals surface area contributed by atoms with Crippen LogP contribution in [0.4, 0.5) is 5.00 Å². The first-order valence-corrected chi connectivity index (χ1v) is 12.4. The molecular formula is C25H32N2O4S2. The number of carbonyl (C=O) groups is 2. The van der Waals surface area contributed by atoms with Gasteiger partial charge in [0, 0.05) is 10.4 Å². The minimum Gasteiger partial charge on any atom is -0.494 e. The fourth-order valence-electron chi connectivity index (χ4n) is 3.99. The summed E-state index contributed by atoms with van der Waals surface area (Å²) in [5, 5.41) is 6.53. The number of methoxy groups -OCH3 is 1. The maximum atomic E-state index is 12.7. The van der Waals surface area contributed by atoms with E-state index in [1.165, 1.54) is 23.3 Å². The summed E-state index contributed by atoms with van der Waals surface area (Å²) in [6.45, 7) is 9.37. The van der Waals surface area contributed by atoms with E-state index in [-0.39, 0.29) is 22.4 Å². The summed E-state index contributed by atoms with van der Waals surface area (Å²) in [6, 6.07) is 6.97. The number of esters is 1. The molecule has 0 fully saturated rings. The minimum atomic E-state index is -0.390. The SMILES string of the molecule is CCCOc1cccc(C(=O)NC(=S)Nc2sc3c(c2C(=O)OC)CCC(C(C)(C)C)C3)c1. The lowest BCUT2D eigenvalue weighted by atomic mass is 9.72. The highest BCUT2D eigenvalue weighted by molar-refractivity contribution is 7.80. The van der Waals surface area contributed by atoms with Crippen LogP contribution in [0.3, 0.4) is 0 Å². The summed E-state index contributed by atoms with van der Waals surface area (Å²) >= 11 is 6.92. The second-order valence-corrected chi connectivity index (χ2v) is 10.8. The molecule has 2 N–H and O–H groups in total. The lowest BCUT2D eigenvalue weighted by Crippen LogP contribution is -2.34. The highest BCUT2D eigenvalue weighted by Gasteiger charge is 2.34. The summed E-state index contributed by atoms with van der Waals surface area (Å²) in [7, 11) is 1.38. The van der Waals surface area contributed by atoms with Gasteiger partial charge < -0.3 is 14.8 Å². The van der Waals surface area contributed by atoms with Gasteiger partial charge in [-0.2, -0.15) is 0 Å². The molecule has 0 bridgehead atoms. The summed E-state index contributed by atoms with van der Waals surface area (Å²) in [5.74, 6) is 0.439. The number of ether oxygens (including phenoxy) is 2. The van der Waals surface area contributed by atoms with Gasteiger partial charge in [0.05, 0.1) is 19.3 Å². The van der Waals surface area contributed by atoms with Gasteiger partial charge in [-0.05, 0) is 73.0 Å². The average Bonchev–Trinajstić information content (AvgIpc) is 3.13. The minimum absolute atomic E-state index is 0.135. The van der Waals surface area contributed by atoms with Gasteiger partial charge in [-0.25, -0.2) is 4.79 Å². The lowest BCUT2D eigenvalue weighted by Gasteiger charge is -2.33. The lowest BCUT2D eigenvalue weighted by molar-refractivity contribution is 0.0600. The molecule has 1 heterocycles. The van der Waals surface area contributed by atoms with Crippen molar-refractivity contribution >= 4 is 45.5 Å². The molecule has 0 saturated heterocycles. The Morgan fingerprint density at radius 1 is 1.27 bits per heavy atom. The van der Waals surface area contributed by atoms with Gasteiger partial charge >= 0.3 is 5.97 Å². The average molecular weight is 489 g/mol. The van der Waals surface area contributed by atoms with Crippen LogP contribution in [0.15, 0.2) is 24.3 Å². The Morgan fingerprint density at radius 2 is 2.03 bits per heavy atom. The zero-order chi connectivity index (χ0) is 24.2. The van der Waals surface area contributed by atoms with E-state index < -0.39 is 0 Å². The first-order valence-electron chi connectivity index (χ1n) is 11.2. The van der Waals surface area contributed by atoms with Crippen LogP contribution in [0.2, 0.25) is 0 Å². The summed E-state index contributed by atoms with van der Waals surface area (Å²) in [4.78, 5) is 26.5. The standard InChI is InChI=1S/C25H32N2O4S2/c1-6-12-31-17-9-7-8-15(13-17)21(28)26-24(32)27-22-20(23(29)30-5)18-11-10-16(25(2,3)4)14-19(18)33-22/h7-9,13,16H,6,10-12,14H2,1-5H3,(H2,26,27,28,32).